The number of rotatable bonds is 7. The minimum absolute atomic E-state index is 0.116. The lowest BCUT2D eigenvalue weighted by molar-refractivity contribution is -0.384. The summed E-state index contributed by atoms with van der Waals surface area (Å²) >= 11 is 6.49. The third-order valence-electron chi connectivity index (χ3n) is 6.50. The van der Waals surface area contributed by atoms with E-state index >= 15 is 0 Å². The number of amides is 2. The molecule has 8 nitrogen and oxygen atoms in total. The van der Waals surface area contributed by atoms with E-state index in [-0.39, 0.29) is 41.3 Å². The van der Waals surface area contributed by atoms with Gasteiger partial charge >= 0.3 is 0 Å². The van der Waals surface area contributed by atoms with E-state index in [0.717, 1.165) is 25.7 Å². The fourth-order valence-corrected chi connectivity index (χ4v) is 4.73. The van der Waals surface area contributed by atoms with Crippen molar-refractivity contribution in [3.05, 3.63) is 104 Å². The van der Waals surface area contributed by atoms with Gasteiger partial charge in [-0.2, -0.15) is 0 Å². The van der Waals surface area contributed by atoms with Gasteiger partial charge in [0.25, 0.3) is 17.5 Å². The second-order valence-corrected chi connectivity index (χ2v) is 9.43. The molecule has 3 aromatic carbocycles. The number of nitro groups is 1. The van der Waals surface area contributed by atoms with Gasteiger partial charge in [0, 0.05) is 52.6 Å². The quantitative estimate of drug-likeness (QED) is 0.310. The minimum atomic E-state index is -0.539. The van der Waals surface area contributed by atoms with Gasteiger partial charge in [0.1, 0.15) is 5.82 Å². The Bertz CT molecular complexity index is 1320. The summed E-state index contributed by atoms with van der Waals surface area (Å²) in [5.41, 5.74) is 7.79. The summed E-state index contributed by atoms with van der Waals surface area (Å²) in [6, 6.07) is 15.2. The zero-order valence-electron chi connectivity index (χ0n) is 19.9. The molecule has 1 aliphatic carbocycles. The number of nitrogens with two attached hydrogens (primary N) is 1. The number of halogens is 2. The van der Waals surface area contributed by atoms with Gasteiger partial charge in [-0.25, -0.2) is 4.39 Å². The van der Waals surface area contributed by atoms with E-state index in [1.807, 2.05) is 0 Å². The molecule has 2 amide bonds. The van der Waals surface area contributed by atoms with Crippen LogP contribution in [0.4, 0.5) is 15.8 Å². The summed E-state index contributed by atoms with van der Waals surface area (Å²) in [6.07, 6.45) is 3.39. The molecule has 1 saturated carbocycles. The first-order valence-electron chi connectivity index (χ1n) is 11.9. The van der Waals surface area contributed by atoms with Gasteiger partial charge in [-0.05, 0) is 66.9 Å². The highest BCUT2D eigenvalue weighted by atomic mass is 35.5. The highest BCUT2D eigenvalue weighted by Crippen LogP contribution is 2.29. The Labute approximate surface area is 218 Å². The lowest BCUT2D eigenvalue weighted by atomic mass is 9.89. The van der Waals surface area contributed by atoms with Gasteiger partial charge < -0.3 is 16.0 Å². The molecule has 3 aromatic rings. The molecule has 0 aliphatic heterocycles. The molecule has 0 bridgehead atoms. The smallest absolute Gasteiger partial charge is 0.269 e. The molecule has 0 radical (unpaired) electrons. The Morgan fingerprint density at radius 1 is 1.05 bits per heavy atom. The minimum Gasteiger partial charge on any atom is -0.330 e. The monoisotopic (exact) mass is 524 g/mol. The van der Waals surface area contributed by atoms with Crippen LogP contribution in [0.5, 0.6) is 0 Å². The largest absolute Gasteiger partial charge is 0.330 e. The van der Waals surface area contributed by atoms with Gasteiger partial charge in [0.15, 0.2) is 0 Å². The van der Waals surface area contributed by atoms with Crippen molar-refractivity contribution in [1.29, 1.82) is 0 Å². The fraction of sp³-hybridized carbons (Fsp3) is 0.259. The lowest BCUT2D eigenvalue weighted by Gasteiger charge is -2.38. The molecular formula is C27H26ClFN4O4. The van der Waals surface area contributed by atoms with Crippen LogP contribution in [0.2, 0.25) is 5.02 Å². The topological polar surface area (TPSA) is 119 Å². The van der Waals surface area contributed by atoms with E-state index in [9.17, 15) is 24.1 Å². The van der Waals surface area contributed by atoms with Gasteiger partial charge in [-0.3, -0.25) is 19.7 Å². The molecule has 1 fully saturated rings. The van der Waals surface area contributed by atoms with E-state index in [0.29, 0.717) is 16.3 Å². The third kappa shape index (κ3) is 6.31. The summed E-state index contributed by atoms with van der Waals surface area (Å²) in [4.78, 5) is 38.2. The number of benzene rings is 3. The molecule has 0 saturated heterocycles. The number of non-ortho nitro benzene ring substituents is 1. The molecule has 2 unspecified atom stereocenters. The van der Waals surface area contributed by atoms with Crippen LogP contribution in [-0.2, 0) is 6.54 Å². The van der Waals surface area contributed by atoms with Gasteiger partial charge in [0.05, 0.1) is 4.92 Å². The highest BCUT2D eigenvalue weighted by Gasteiger charge is 2.32. The molecule has 37 heavy (non-hydrogen) atoms. The summed E-state index contributed by atoms with van der Waals surface area (Å²) in [5, 5.41) is 14.0. The van der Waals surface area contributed by atoms with Crippen molar-refractivity contribution in [3.8, 4) is 0 Å². The van der Waals surface area contributed by atoms with E-state index in [1.54, 1.807) is 29.2 Å². The van der Waals surface area contributed by atoms with Crippen molar-refractivity contribution in [3.63, 3.8) is 0 Å². The van der Waals surface area contributed by atoms with Crippen LogP contribution < -0.4 is 11.1 Å². The first-order chi connectivity index (χ1) is 17.7. The van der Waals surface area contributed by atoms with Crippen LogP contribution in [0.15, 0.2) is 66.7 Å². The molecule has 4 rings (SSSR count). The number of nitro benzene ring substituents is 1. The number of nitrogens with zero attached hydrogens (tertiary/aromatic N) is 2. The van der Waals surface area contributed by atoms with Gasteiger partial charge in [-0.15, -0.1) is 0 Å². The maximum atomic E-state index is 13.9. The number of nitrogens with one attached hydrogen (secondary N) is 1. The highest BCUT2D eigenvalue weighted by molar-refractivity contribution is 6.31. The Morgan fingerprint density at radius 2 is 1.78 bits per heavy atom. The molecule has 0 aromatic heterocycles. The Kier molecular flexibility index (Phi) is 8.15. The molecular weight excluding hydrogens is 499 g/mol. The van der Waals surface area contributed by atoms with E-state index in [1.165, 1.54) is 42.5 Å². The molecule has 10 heteroatoms. The van der Waals surface area contributed by atoms with Crippen molar-refractivity contribution >= 4 is 34.8 Å². The van der Waals surface area contributed by atoms with E-state index < -0.39 is 16.6 Å². The first kappa shape index (κ1) is 26.2. The molecule has 3 N–H and O–H groups in total. The predicted molar refractivity (Wildman–Crippen MR) is 139 cm³/mol. The average molecular weight is 525 g/mol. The van der Waals surface area contributed by atoms with Crippen molar-refractivity contribution < 1.29 is 18.9 Å². The Hall–Kier alpha value is -3.82. The van der Waals surface area contributed by atoms with Gasteiger partial charge in [-0.1, -0.05) is 30.5 Å². The molecule has 2 atom stereocenters. The van der Waals surface area contributed by atoms with Gasteiger partial charge in [0.2, 0.25) is 0 Å². The second kappa shape index (κ2) is 11.5. The second-order valence-electron chi connectivity index (χ2n) is 9.02. The van der Waals surface area contributed by atoms with E-state index in [2.05, 4.69) is 5.32 Å². The molecule has 0 spiro atoms. The summed E-state index contributed by atoms with van der Waals surface area (Å²) < 4.78 is 13.9. The van der Waals surface area contributed by atoms with Crippen molar-refractivity contribution in [2.45, 2.75) is 44.3 Å². The standard InChI is InChI=1S/C27H26ClFN4O4/c28-23-13-10-21(31-26(34)17-8-11-22(12-9-17)33(36)37)15-19(23)16-32(25-7-2-1-6-24(25)30)27(35)18-4-3-5-20(29)14-18/h3-5,8-15,24-25H,1-2,6-7,16,30H2,(H,31,34). The fourth-order valence-electron chi connectivity index (χ4n) is 4.55. The predicted octanol–water partition coefficient (Wildman–Crippen LogP) is 5.55. The first-order valence-corrected chi connectivity index (χ1v) is 12.3. The van der Waals surface area contributed by atoms with Crippen LogP contribution in [0.25, 0.3) is 0 Å². The number of hydrogen-bond acceptors (Lipinski definition) is 5. The van der Waals surface area contributed by atoms with Crippen LogP contribution in [-0.4, -0.2) is 33.7 Å². The summed E-state index contributed by atoms with van der Waals surface area (Å²) in [7, 11) is 0. The zero-order chi connectivity index (χ0) is 26.5. The average Bonchev–Trinajstić information content (AvgIpc) is 2.89. The Balaban J connectivity index is 1.59. The molecule has 0 heterocycles. The number of hydrogen-bond donors (Lipinski definition) is 2. The van der Waals surface area contributed by atoms with Crippen molar-refractivity contribution in [2.75, 3.05) is 5.32 Å². The zero-order valence-corrected chi connectivity index (χ0v) is 20.7. The molecule has 1 aliphatic rings. The van der Waals surface area contributed by atoms with Crippen LogP contribution in [0, 0.1) is 15.9 Å². The normalized spacial score (nSPS) is 17.2. The number of carbonyl (C=O) groups excluding carboxylic acids is 2. The summed E-state index contributed by atoms with van der Waals surface area (Å²) in [6.45, 7) is 0.119. The maximum Gasteiger partial charge on any atom is 0.269 e. The van der Waals surface area contributed by atoms with Crippen LogP contribution >= 0.6 is 11.6 Å². The van der Waals surface area contributed by atoms with Crippen LogP contribution in [0.1, 0.15) is 52.0 Å². The maximum absolute atomic E-state index is 13.9. The van der Waals surface area contributed by atoms with Crippen LogP contribution in [0.3, 0.4) is 0 Å². The number of carbonyl (C=O) groups is 2. The van der Waals surface area contributed by atoms with Crippen molar-refractivity contribution in [2.24, 2.45) is 5.73 Å². The lowest BCUT2D eigenvalue weighted by Crippen LogP contribution is -2.51. The SMILES string of the molecule is NC1CCCCC1N(Cc1cc(NC(=O)c2ccc([N+](=O)[O-])cc2)ccc1Cl)C(=O)c1cccc(F)c1. The summed E-state index contributed by atoms with van der Waals surface area (Å²) in [5.74, 6) is -1.31. The third-order valence-corrected chi connectivity index (χ3v) is 6.87. The Morgan fingerprint density at radius 3 is 2.46 bits per heavy atom. The number of anilines is 1. The molecule has 192 valence electrons. The van der Waals surface area contributed by atoms with E-state index in [4.69, 9.17) is 17.3 Å². The van der Waals surface area contributed by atoms with Crippen molar-refractivity contribution in [1.82, 2.24) is 4.90 Å².